The highest BCUT2D eigenvalue weighted by molar-refractivity contribution is 6.00. The molecule has 0 fully saturated rings. The van der Waals surface area contributed by atoms with Gasteiger partial charge in [0.05, 0.1) is 24.1 Å². The smallest absolute Gasteiger partial charge is 0.337 e. The van der Waals surface area contributed by atoms with Gasteiger partial charge < -0.3 is 15.2 Å². The fourth-order valence-corrected chi connectivity index (χ4v) is 2.26. The van der Waals surface area contributed by atoms with E-state index in [1.54, 1.807) is 10.7 Å². The molecule has 0 radical (unpaired) electrons. The molecule has 1 amide bonds. The van der Waals surface area contributed by atoms with Gasteiger partial charge in [0.2, 0.25) is 5.91 Å². The largest absolute Gasteiger partial charge is 0.497 e. The maximum Gasteiger partial charge on any atom is 0.337 e. The summed E-state index contributed by atoms with van der Waals surface area (Å²) in [5, 5.41) is 16.1. The minimum atomic E-state index is -1.13. The number of nitrogens with one attached hydrogen (secondary N) is 1. The molecule has 0 aliphatic carbocycles. The molecule has 122 valence electrons. The van der Waals surface area contributed by atoms with Crippen LogP contribution in [0.4, 0.5) is 5.69 Å². The number of aromatic nitrogens is 2. The number of carbonyl (C=O) groups excluding carboxylic acids is 1. The number of hydrogen-bond donors (Lipinski definition) is 2. The molecule has 1 aromatic heterocycles. The van der Waals surface area contributed by atoms with Gasteiger partial charge in [-0.3, -0.25) is 9.48 Å². The molecule has 0 aliphatic rings. The van der Waals surface area contributed by atoms with Gasteiger partial charge in [0.25, 0.3) is 0 Å². The lowest BCUT2D eigenvalue weighted by Crippen LogP contribution is -2.17. The number of methoxy groups -OCH3 is 1. The summed E-state index contributed by atoms with van der Waals surface area (Å²) in [7, 11) is 1.45. The maximum atomic E-state index is 12.1. The molecule has 23 heavy (non-hydrogen) atoms. The summed E-state index contributed by atoms with van der Waals surface area (Å²) in [4.78, 5) is 23.3. The molecule has 0 aliphatic heterocycles. The first-order valence-corrected chi connectivity index (χ1v) is 7.13. The summed E-state index contributed by atoms with van der Waals surface area (Å²) in [6, 6.07) is 6.43. The number of ether oxygens (including phenoxy) is 1. The Labute approximate surface area is 133 Å². The molecule has 2 rings (SSSR count). The summed E-state index contributed by atoms with van der Waals surface area (Å²) >= 11 is 0. The first-order valence-electron chi connectivity index (χ1n) is 7.13. The molecule has 1 aromatic carbocycles. The topological polar surface area (TPSA) is 93.5 Å². The van der Waals surface area contributed by atoms with Crippen LogP contribution in [0.1, 0.15) is 28.2 Å². The van der Waals surface area contributed by atoms with E-state index in [4.69, 9.17) is 4.74 Å². The number of carboxylic acid groups (broad SMARTS) is 1. The number of benzene rings is 1. The van der Waals surface area contributed by atoms with E-state index in [0.29, 0.717) is 12.3 Å². The molecule has 0 bridgehead atoms. The second-order valence-corrected chi connectivity index (χ2v) is 5.17. The minimum absolute atomic E-state index is 0.0104. The molecule has 7 heteroatoms. The van der Waals surface area contributed by atoms with Crippen molar-refractivity contribution in [3.8, 4) is 5.75 Å². The number of aryl methyl sites for hydroxylation is 3. The highest BCUT2D eigenvalue weighted by Crippen LogP contribution is 2.22. The normalized spacial score (nSPS) is 10.4. The van der Waals surface area contributed by atoms with Gasteiger partial charge in [-0.25, -0.2) is 4.79 Å². The standard InChI is InChI=1S/C16H19N3O4/c1-10-8-11(2)19(18-10)7-6-15(20)17-14-5-4-12(23-3)9-13(14)16(21)22/h4-5,8-9H,6-7H2,1-3H3,(H,17,20)(H,21,22). The molecule has 1 heterocycles. The molecule has 0 unspecified atom stereocenters. The number of hydrogen-bond acceptors (Lipinski definition) is 4. The van der Waals surface area contributed by atoms with E-state index in [0.717, 1.165) is 11.4 Å². The van der Waals surface area contributed by atoms with Crippen LogP contribution in [-0.4, -0.2) is 33.9 Å². The Morgan fingerprint density at radius 2 is 2.04 bits per heavy atom. The van der Waals surface area contributed by atoms with Gasteiger partial charge in [0.15, 0.2) is 0 Å². The van der Waals surface area contributed by atoms with Crippen molar-refractivity contribution in [2.75, 3.05) is 12.4 Å². The van der Waals surface area contributed by atoms with Crippen LogP contribution in [0.2, 0.25) is 0 Å². The van der Waals surface area contributed by atoms with Crippen LogP contribution in [0.25, 0.3) is 0 Å². The Kier molecular flexibility index (Phi) is 5.00. The number of rotatable bonds is 6. The van der Waals surface area contributed by atoms with Crippen LogP contribution in [0.5, 0.6) is 5.75 Å². The third-order valence-corrected chi connectivity index (χ3v) is 3.39. The predicted molar refractivity (Wildman–Crippen MR) is 84.9 cm³/mol. The van der Waals surface area contributed by atoms with E-state index < -0.39 is 5.97 Å². The number of carbonyl (C=O) groups is 2. The molecule has 7 nitrogen and oxygen atoms in total. The Balaban J connectivity index is 2.05. The van der Waals surface area contributed by atoms with Crippen molar-refractivity contribution in [1.82, 2.24) is 9.78 Å². The average Bonchev–Trinajstić information content (AvgIpc) is 2.83. The number of anilines is 1. The zero-order chi connectivity index (χ0) is 17.0. The molecule has 2 aromatic rings. The zero-order valence-corrected chi connectivity index (χ0v) is 13.3. The SMILES string of the molecule is COc1ccc(NC(=O)CCn2nc(C)cc2C)c(C(=O)O)c1. The second-order valence-electron chi connectivity index (χ2n) is 5.17. The molecule has 0 saturated heterocycles. The Hall–Kier alpha value is -2.83. The maximum absolute atomic E-state index is 12.1. The van der Waals surface area contributed by atoms with Crippen LogP contribution in [-0.2, 0) is 11.3 Å². The molecule has 2 N–H and O–H groups in total. The van der Waals surface area contributed by atoms with Crippen molar-refractivity contribution in [3.63, 3.8) is 0 Å². The van der Waals surface area contributed by atoms with Gasteiger partial charge in [-0.15, -0.1) is 0 Å². The summed E-state index contributed by atoms with van der Waals surface area (Å²) < 4.78 is 6.75. The van der Waals surface area contributed by atoms with Crippen LogP contribution in [0, 0.1) is 13.8 Å². The quantitative estimate of drug-likeness (QED) is 0.852. The van der Waals surface area contributed by atoms with Crippen molar-refractivity contribution in [2.24, 2.45) is 0 Å². The summed E-state index contributed by atoms with van der Waals surface area (Å²) in [5.41, 5.74) is 2.11. The predicted octanol–water partition coefficient (Wildman–Crippen LogP) is 2.24. The van der Waals surface area contributed by atoms with E-state index in [1.165, 1.54) is 19.2 Å². The monoisotopic (exact) mass is 317 g/mol. The lowest BCUT2D eigenvalue weighted by atomic mass is 10.1. The van der Waals surface area contributed by atoms with E-state index in [-0.39, 0.29) is 23.6 Å². The van der Waals surface area contributed by atoms with Crippen LogP contribution < -0.4 is 10.1 Å². The van der Waals surface area contributed by atoms with Gasteiger partial charge in [-0.05, 0) is 38.1 Å². The van der Waals surface area contributed by atoms with Crippen molar-refractivity contribution in [1.29, 1.82) is 0 Å². The summed E-state index contributed by atoms with van der Waals surface area (Å²) in [6.07, 6.45) is 0.201. The molecular weight excluding hydrogens is 298 g/mol. The highest BCUT2D eigenvalue weighted by Gasteiger charge is 2.14. The summed E-state index contributed by atoms with van der Waals surface area (Å²) in [6.45, 7) is 4.24. The van der Waals surface area contributed by atoms with E-state index in [2.05, 4.69) is 10.4 Å². The molecule has 0 saturated carbocycles. The van der Waals surface area contributed by atoms with Crippen LogP contribution in [0.15, 0.2) is 24.3 Å². The Morgan fingerprint density at radius 3 is 2.61 bits per heavy atom. The van der Waals surface area contributed by atoms with E-state index in [9.17, 15) is 14.7 Å². The zero-order valence-electron chi connectivity index (χ0n) is 13.3. The molecule has 0 spiro atoms. The lowest BCUT2D eigenvalue weighted by molar-refractivity contribution is -0.116. The fourth-order valence-electron chi connectivity index (χ4n) is 2.26. The second kappa shape index (κ2) is 6.95. The van der Waals surface area contributed by atoms with E-state index >= 15 is 0 Å². The average molecular weight is 317 g/mol. The first kappa shape index (κ1) is 16.5. The number of nitrogens with zero attached hydrogens (tertiary/aromatic N) is 2. The van der Waals surface area contributed by atoms with Crippen molar-refractivity contribution < 1.29 is 19.4 Å². The minimum Gasteiger partial charge on any atom is -0.497 e. The fraction of sp³-hybridized carbons (Fsp3) is 0.312. The van der Waals surface area contributed by atoms with Crippen LogP contribution >= 0.6 is 0 Å². The van der Waals surface area contributed by atoms with Gasteiger partial charge in [0.1, 0.15) is 5.75 Å². The number of amides is 1. The third-order valence-electron chi connectivity index (χ3n) is 3.39. The van der Waals surface area contributed by atoms with Crippen molar-refractivity contribution in [2.45, 2.75) is 26.8 Å². The Bertz CT molecular complexity index is 737. The lowest BCUT2D eigenvalue weighted by Gasteiger charge is -2.10. The van der Waals surface area contributed by atoms with Crippen molar-refractivity contribution in [3.05, 3.63) is 41.2 Å². The van der Waals surface area contributed by atoms with Gasteiger partial charge in [-0.1, -0.05) is 0 Å². The third kappa shape index (κ3) is 4.09. The summed E-state index contributed by atoms with van der Waals surface area (Å²) in [5.74, 6) is -0.981. The number of aromatic carboxylic acids is 1. The first-order chi connectivity index (χ1) is 10.9. The number of carboxylic acids is 1. The van der Waals surface area contributed by atoms with Gasteiger partial charge >= 0.3 is 5.97 Å². The highest BCUT2D eigenvalue weighted by atomic mass is 16.5. The van der Waals surface area contributed by atoms with Gasteiger partial charge in [-0.2, -0.15) is 5.10 Å². The molecule has 0 atom stereocenters. The van der Waals surface area contributed by atoms with Crippen LogP contribution in [0.3, 0.4) is 0 Å². The Morgan fingerprint density at radius 1 is 1.30 bits per heavy atom. The van der Waals surface area contributed by atoms with Gasteiger partial charge in [0, 0.05) is 18.7 Å². The van der Waals surface area contributed by atoms with Crippen molar-refractivity contribution >= 4 is 17.6 Å². The molecular formula is C16H19N3O4. The van der Waals surface area contributed by atoms with E-state index in [1.807, 2.05) is 19.9 Å².